The van der Waals surface area contributed by atoms with E-state index < -0.39 is 0 Å². The van der Waals surface area contributed by atoms with Crippen molar-refractivity contribution in [1.82, 2.24) is 15.0 Å². The Kier molecular flexibility index (Phi) is 8.12. The van der Waals surface area contributed by atoms with Crippen LogP contribution in [0.2, 0.25) is 0 Å². The Balaban J connectivity index is 1.14. The van der Waals surface area contributed by atoms with Crippen molar-refractivity contribution in [2.75, 3.05) is 0 Å². The van der Waals surface area contributed by atoms with Crippen LogP contribution in [0.4, 0.5) is 0 Å². The fraction of sp³-hybridized carbons (Fsp3) is 0. The Morgan fingerprint density at radius 2 is 0.782 bits per heavy atom. The number of benzene rings is 8. The summed E-state index contributed by atoms with van der Waals surface area (Å²) in [7, 11) is 0. The molecule has 10 aromatic rings. The topological polar surface area (TPSA) is 51.8 Å². The minimum Gasteiger partial charge on any atom is -0.456 e. The van der Waals surface area contributed by atoms with Crippen molar-refractivity contribution in [3.63, 3.8) is 0 Å². The maximum atomic E-state index is 6.50. The van der Waals surface area contributed by atoms with Gasteiger partial charge in [0, 0.05) is 27.5 Å². The van der Waals surface area contributed by atoms with Crippen LogP contribution in [-0.2, 0) is 0 Å². The van der Waals surface area contributed by atoms with Crippen molar-refractivity contribution in [3.05, 3.63) is 200 Å². The van der Waals surface area contributed by atoms with E-state index in [4.69, 9.17) is 19.4 Å². The van der Waals surface area contributed by atoms with Crippen LogP contribution in [-0.4, -0.2) is 15.0 Å². The van der Waals surface area contributed by atoms with E-state index in [1.165, 1.54) is 22.3 Å². The average molecular weight is 704 g/mol. The van der Waals surface area contributed by atoms with Gasteiger partial charge in [-0.1, -0.05) is 170 Å². The maximum Gasteiger partial charge on any atom is 0.164 e. The Bertz CT molecular complexity index is 2960. The van der Waals surface area contributed by atoms with Crippen LogP contribution in [0, 0.1) is 0 Å². The predicted octanol–water partition coefficient (Wildman–Crippen LogP) is 13.4. The highest BCUT2D eigenvalue weighted by molar-refractivity contribution is 6.13. The highest BCUT2D eigenvalue weighted by Crippen LogP contribution is 2.40. The summed E-state index contributed by atoms with van der Waals surface area (Å²) in [6.07, 6.45) is 0. The Morgan fingerprint density at radius 3 is 1.49 bits per heavy atom. The molecule has 0 bridgehead atoms. The molecule has 0 saturated carbocycles. The van der Waals surface area contributed by atoms with E-state index in [1.54, 1.807) is 0 Å². The highest BCUT2D eigenvalue weighted by atomic mass is 16.3. The van der Waals surface area contributed by atoms with Crippen LogP contribution in [0.25, 0.3) is 101 Å². The van der Waals surface area contributed by atoms with E-state index in [0.717, 1.165) is 60.9 Å². The second kappa shape index (κ2) is 13.8. The molecule has 0 spiro atoms. The molecule has 0 unspecified atom stereocenters. The van der Waals surface area contributed by atoms with Gasteiger partial charge in [-0.05, 0) is 74.8 Å². The number of hydrogen-bond acceptors (Lipinski definition) is 4. The van der Waals surface area contributed by atoms with Crippen LogP contribution in [0.5, 0.6) is 0 Å². The molecule has 0 N–H and O–H groups in total. The minimum absolute atomic E-state index is 0.589. The molecule has 10 rings (SSSR count). The van der Waals surface area contributed by atoms with Crippen molar-refractivity contribution in [3.8, 4) is 78.7 Å². The molecule has 0 atom stereocenters. The molecular weight excluding hydrogens is 671 g/mol. The van der Waals surface area contributed by atoms with Gasteiger partial charge in [-0.15, -0.1) is 0 Å². The van der Waals surface area contributed by atoms with Gasteiger partial charge < -0.3 is 4.42 Å². The van der Waals surface area contributed by atoms with Gasteiger partial charge in [0.25, 0.3) is 0 Å². The van der Waals surface area contributed by atoms with Crippen LogP contribution in [0.15, 0.2) is 205 Å². The van der Waals surface area contributed by atoms with Crippen molar-refractivity contribution in [1.29, 1.82) is 0 Å². The molecule has 0 fully saturated rings. The van der Waals surface area contributed by atoms with Gasteiger partial charge >= 0.3 is 0 Å². The van der Waals surface area contributed by atoms with E-state index in [9.17, 15) is 0 Å². The fourth-order valence-corrected chi connectivity index (χ4v) is 7.45. The predicted molar refractivity (Wildman–Crippen MR) is 225 cm³/mol. The number of rotatable bonds is 7. The first kappa shape index (κ1) is 32.2. The summed E-state index contributed by atoms with van der Waals surface area (Å²) in [6, 6.07) is 69.4. The van der Waals surface area contributed by atoms with Gasteiger partial charge in [-0.3, -0.25) is 0 Å². The van der Waals surface area contributed by atoms with E-state index in [0.29, 0.717) is 17.5 Å². The molecule has 8 aromatic carbocycles. The third kappa shape index (κ3) is 6.16. The molecule has 0 amide bonds. The van der Waals surface area contributed by atoms with E-state index in [-0.39, 0.29) is 0 Å². The summed E-state index contributed by atoms with van der Waals surface area (Å²) in [5.74, 6) is 1.81. The van der Waals surface area contributed by atoms with E-state index in [1.807, 2.05) is 48.5 Å². The van der Waals surface area contributed by atoms with Gasteiger partial charge in [0.15, 0.2) is 17.5 Å². The lowest BCUT2D eigenvalue weighted by Gasteiger charge is -2.13. The molecule has 0 saturated heterocycles. The molecule has 4 nitrogen and oxygen atoms in total. The van der Waals surface area contributed by atoms with Gasteiger partial charge in [0.2, 0.25) is 0 Å². The number of fused-ring (bicyclic) bond motifs is 3. The summed E-state index contributed by atoms with van der Waals surface area (Å²) in [4.78, 5) is 15.3. The maximum absolute atomic E-state index is 6.50. The molecule has 258 valence electrons. The lowest BCUT2D eigenvalue weighted by molar-refractivity contribution is 0.669. The van der Waals surface area contributed by atoms with Crippen LogP contribution in [0.1, 0.15) is 0 Å². The Labute approximate surface area is 319 Å². The molecule has 2 aromatic heterocycles. The fourth-order valence-electron chi connectivity index (χ4n) is 7.45. The summed E-state index contributed by atoms with van der Waals surface area (Å²) in [5, 5.41) is 1.98. The molecular formula is C51H33N3O. The molecule has 0 radical (unpaired) electrons. The van der Waals surface area contributed by atoms with Gasteiger partial charge in [-0.25, -0.2) is 15.0 Å². The monoisotopic (exact) mass is 703 g/mol. The first-order valence-corrected chi connectivity index (χ1v) is 18.4. The van der Waals surface area contributed by atoms with Crippen LogP contribution >= 0.6 is 0 Å². The van der Waals surface area contributed by atoms with Crippen molar-refractivity contribution in [2.24, 2.45) is 0 Å². The molecule has 2 heterocycles. The normalized spacial score (nSPS) is 11.3. The van der Waals surface area contributed by atoms with E-state index in [2.05, 4.69) is 152 Å². The quantitative estimate of drug-likeness (QED) is 0.166. The lowest BCUT2D eigenvalue weighted by atomic mass is 9.91. The Hall–Kier alpha value is -7.43. The molecule has 4 heteroatoms. The molecule has 0 aliphatic carbocycles. The number of furan rings is 1. The van der Waals surface area contributed by atoms with Crippen LogP contribution in [0.3, 0.4) is 0 Å². The SMILES string of the molecule is c1ccc(-c2cccc(-c3nc(-c4ccccc4)nc(-c4cccc5oc6ccc(-c7ccc(-c8ccccc8)c(-c8ccccc8)c7)cc6c45)n3)c2)cc1. The Morgan fingerprint density at radius 1 is 0.273 bits per heavy atom. The smallest absolute Gasteiger partial charge is 0.164 e. The zero-order valence-electron chi connectivity index (χ0n) is 29.8. The second-order valence-electron chi connectivity index (χ2n) is 13.6. The van der Waals surface area contributed by atoms with Crippen molar-refractivity contribution < 1.29 is 4.42 Å². The molecule has 0 aliphatic rings. The lowest BCUT2D eigenvalue weighted by Crippen LogP contribution is -2.00. The van der Waals surface area contributed by atoms with Gasteiger partial charge in [-0.2, -0.15) is 0 Å². The van der Waals surface area contributed by atoms with Crippen molar-refractivity contribution in [2.45, 2.75) is 0 Å². The number of aromatic nitrogens is 3. The van der Waals surface area contributed by atoms with Gasteiger partial charge in [0.05, 0.1) is 0 Å². The third-order valence-corrected chi connectivity index (χ3v) is 10.2. The molecule has 0 aliphatic heterocycles. The van der Waals surface area contributed by atoms with Gasteiger partial charge in [0.1, 0.15) is 11.2 Å². The minimum atomic E-state index is 0.589. The molecule has 55 heavy (non-hydrogen) atoms. The third-order valence-electron chi connectivity index (χ3n) is 10.2. The standard InChI is InChI=1S/C51H33N3O/c1-5-15-34(16-6-1)38-23-13-24-41(31-38)50-52-49(37-21-11-4-12-22-37)53-51(54-50)43-25-14-26-47-48(43)45-33-40(28-30-46(45)55-47)39-27-29-42(35-17-7-2-8-18-35)44(32-39)36-19-9-3-10-20-36/h1-33H. The second-order valence-corrected chi connectivity index (χ2v) is 13.6. The zero-order chi connectivity index (χ0) is 36.6. The summed E-state index contributed by atoms with van der Waals surface area (Å²) >= 11 is 0. The zero-order valence-corrected chi connectivity index (χ0v) is 29.8. The van der Waals surface area contributed by atoms with Crippen LogP contribution < -0.4 is 0 Å². The van der Waals surface area contributed by atoms with Crippen molar-refractivity contribution >= 4 is 21.9 Å². The highest BCUT2D eigenvalue weighted by Gasteiger charge is 2.19. The summed E-state index contributed by atoms with van der Waals surface area (Å²) in [6.45, 7) is 0. The number of nitrogens with zero attached hydrogens (tertiary/aromatic N) is 3. The van der Waals surface area contributed by atoms with E-state index >= 15 is 0 Å². The summed E-state index contributed by atoms with van der Waals surface area (Å²) in [5.41, 5.74) is 13.5. The first-order valence-electron chi connectivity index (χ1n) is 18.4. The first-order chi connectivity index (χ1) is 27.2. The largest absolute Gasteiger partial charge is 0.456 e. The summed E-state index contributed by atoms with van der Waals surface area (Å²) < 4.78 is 6.50. The number of hydrogen-bond donors (Lipinski definition) is 0. The average Bonchev–Trinajstić information content (AvgIpc) is 3.66.